The molecule has 0 radical (unpaired) electrons. The molecule has 0 aromatic heterocycles. The van der Waals surface area contributed by atoms with Gasteiger partial charge >= 0.3 is 6.09 Å². The standard InChI is InChI=1S/C12H23NO3/c1-5-12(6-7-14)8-13(9-12)10(15)16-11(2,3)4/h14H,5-9H2,1-4H3. The van der Waals surface area contributed by atoms with Gasteiger partial charge in [-0.05, 0) is 33.6 Å². The molecular formula is C12H23NO3. The summed E-state index contributed by atoms with van der Waals surface area (Å²) in [5.74, 6) is 0. The lowest BCUT2D eigenvalue weighted by Crippen LogP contribution is -2.59. The van der Waals surface area contributed by atoms with Gasteiger partial charge < -0.3 is 14.7 Å². The molecule has 1 saturated heterocycles. The number of nitrogens with zero attached hydrogens (tertiary/aromatic N) is 1. The number of carbonyl (C=O) groups excluding carboxylic acids is 1. The lowest BCUT2D eigenvalue weighted by molar-refractivity contribution is -0.0443. The lowest BCUT2D eigenvalue weighted by atomic mass is 9.75. The topological polar surface area (TPSA) is 49.8 Å². The fourth-order valence-corrected chi connectivity index (χ4v) is 2.01. The molecule has 0 aromatic rings. The molecular weight excluding hydrogens is 206 g/mol. The molecule has 0 atom stereocenters. The van der Waals surface area contributed by atoms with Crippen LogP contribution in [0.15, 0.2) is 0 Å². The SMILES string of the molecule is CCC1(CCO)CN(C(=O)OC(C)(C)C)C1. The third kappa shape index (κ3) is 3.11. The summed E-state index contributed by atoms with van der Waals surface area (Å²) in [6, 6.07) is 0. The van der Waals surface area contributed by atoms with Crippen LogP contribution in [-0.2, 0) is 4.74 Å². The first-order chi connectivity index (χ1) is 7.32. The van der Waals surface area contributed by atoms with Crippen molar-refractivity contribution in [3.05, 3.63) is 0 Å². The number of ether oxygens (including phenoxy) is 1. The van der Waals surface area contributed by atoms with Crippen molar-refractivity contribution in [3.8, 4) is 0 Å². The number of rotatable bonds is 3. The van der Waals surface area contributed by atoms with E-state index in [1.807, 2.05) is 20.8 Å². The highest BCUT2D eigenvalue weighted by Gasteiger charge is 2.44. The van der Waals surface area contributed by atoms with Gasteiger partial charge in [0.15, 0.2) is 0 Å². The molecule has 1 rings (SSSR count). The minimum atomic E-state index is -0.432. The Morgan fingerprint density at radius 3 is 2.38 bits per heavy atom. The normalized spacial score (nSPS) is 19.2. The quantitative estimate of drug-likeness (QED) is 0.805. The monoisotopic (exact) mass is 229 g/mol. The maximum atomic E-state index is 11.7. The fourth-order valence-electron chi connectivity index (χ4n) is 2.01. The highest BCUT2D eigenvalue weighted by Crippen LogP contribution is 2.37. The zero-order valence-corrected chi connectivity index (χ0v) is 10.7. The van der Waals surface area contributed by atoms with E-state index in [0.717, 1.165) is 12.8 Å². The zero-order chi connectivity index (χ0) is 12.4. The summed E-state index contributed by atoms with van der Waals surface area (Å²) in [6.07, 6.45) is 1.52. The fraction of sp³-hybridized carbons (Fsp3) is 0.917. The van der Waals surface area contributed by atoms with Crippen LogP contribution in [0, 0.1) is 5.41 Å². The Morgan fingerprint density at radius 2 is 2.00 bits per heavy atom. The number of aliphatic hydroxyl groups excluding tert-OH is 1. The lowest BCUT2D eigenvalue weighted by Gasteiger charge is -2.49. The third-order valence-corrected chi connectivity index (χ3v) is 3.10. The minimum absolute atomic E-state index is 0.117. The van der Waals surface area contributed by atoms with Crippen LogP contribution in [-0.4, -0.2) is 41.4 Å². The van der Waals surface area contributed by atoms with E-state index in [1.54, 1.807) is 4.90 Å². The average Bonchev–Trinajstić information content (AvgIpc) is 2.07. The molecule has 4 heteroatoms. The van der Waals surface area contributed by atoms with Gasteiger partial charge in [0.1, 0.15) is 5.60 Å². The van der Waals surface area contributed by atoms with Crippen molar-refractivity contribution < 1.29 is 14.6 Å². The summed E-state index contributed by atoms with van der Waals surface area (Å²) in [5, 5.41) is 8.97. The average molecular weight is 229 g/mol. The molecule has 1 fully saturated rings. The molecule has 4 nitrogen and oxygen atoms in total. The minimum Gasteiger partial charge on any atom is -0.444 e. The first-order valence-electron chi connectivity index (χ1n) is 5.91. The van der Waals surface area contributed by atoms with Crippen LogP contribution in [0.25, 0.3) is 0 Å². The number of carbonyl (C=O) groups is 1. The van der Waals surface area contributed by atoms with E-state index in [-0.39, 0.29) is 18.1 Å². The first kappa shape index (κ1) is 13.3. The molecule has 0 spiro atoms. The number of likely N-dealkylation sites (tertiary alicyclic amines) is 1. The Kier molecular flexibility index (Phi) is 3.84. The molecule has 1 aliphatic rings. The number of hydrogen-bond acceptors (Lipinski definition) is 3. The molecule has 1 aliphatic heterocycles. The van der Waals surface area contributed by atoms with E-state index in [0.29, 0.717) is 13.1 Å². The molecule has 0 aliphatic carbocycles. The highest BCUT2D eigenvalue weighted by molar-refractivity contribution is 5.69. The zero-order valence-electron chi connectivity index (χ0n) is 10.7. The van der Waals surface area contributed by atoms with Crippen molar-refractivity contribution in [2.24, 2.45) is 5.41 Å². The van der Waals surface area contributed by atoms with Gasteiger partial charge in [0.2, 0.25) is 0 Å². The Morgan fingerprint density at radius 1 is 1.44 bits per heavy atom. The maximum Gasteiger partial charge on any atom is 0.410 e. The first-order valence-corrected chi connectivity index (χ1v) is 5.91. The van der Waals surface area contributed by atoms with Crippen LogP contribution in [0.2, 0.25) is 0 Å². The maximum absolute atomic E-state index is 11.7. The van der Waals surface area contributed by atoms with Crippen LogP contribution in [0.4, 0.5) is 4.79 Å². The molecule has 1 N–H and O–H groups in total. The molecule has 0 unspecified atom stereocenters. The predicted octanol–water partition coefficient (Wildman–Crippen LogP) is 2.02. The van der Waals surface area contributed by atoms with Crippen LogP contribution >= 0.6 is 0 Å². The van der Waals surface area contributed by atoms with E-state index < -0.39 is 5.60 Å². The van der Waals surface area contributed by atoms with Crippen molar-refractivity contribution in [3.63, 3.8) is 0 Å². The van der Waals surface area contributed by atoms with E-state index in [9.17, 15) is 4.79 Å². The van der Waals surface area contributed by atoms with Crippen molar-refractivity contribution in [2.45, 2.75) is 46.1 Å². The van der Waals surface area contributed by atoms with Gasteiger partial charge in [-0.25, -0.2) is 4.79 Å². The van der Waals surface area contributed by atoms with Gasteiger partial charge in [-0.15, -0.1) is 0 Å². The van der Waals surface area contributed by atoms with Gasteiger partial charge in [0.25, 0.3) is 0 Å². The molecule has 1 amide bonds. The summed E-state index contributed by atoms with van der Waals surface area (Å²) in [5.41, 5.74) is -0.315. The van der Waals surface area contributed by atoms with Crippen LogP contribution in [0.5, 0.6) is 0 Å². The molecule has 1 heterocycles. The van der Waals surface area contributed by atoms with Crippen molar-refractivity contribution >= 4 is 6.09 Å². The molecule has 94 valence electrons. The smallest absolute Gasteiger partial charge is 0.410 e. The van der Waals surface area contributed by atoms with Crippen molar-refractivity contribution in [1.29, 1.82) is 0 Å². The summed E-state index contributed by atoms with van der Waals surface area (Å²) in [7, 11) is 0. The number of amides is 1. The Hall–Kier alpha value is -0.770. The van der Waals surface area contributed by atoms with Gasteiger partial charge in [-0.3, -0.25) is 0 Å². The molecule has 0 saturated carbocycles. The second-order valence-electron chi connectivity index (χ2n) is 5.66. The van der Waals surface area contributed by atoms with Crippen molar-refractivity contribution in [2.75, 3.05) is 19.7 Å². The van der Waals surface area contributed by atoms with Crippen LogP contribution in [0.3, 0.4) is 0 Å². The van der Waals surface area contributed by atoms with Gasteiger partial charge in [-0.2, -0.15) is 0 Å². The summed E-state index contributed by atoms with van der Waals surface area (Å²) in [4.78, 5) is 13.4. The highest BCUT2D eigenvalue weighted by atomic mass is 16.6. The predicted molar refractivity (Wildman–Crippen MR) is 62.2 cm³/mol. The molecule has 16 heavy (non-hydrogen) atoms. The molecule has 0 bridgehead atoms. The second-order valence-corrected chi connectivity index (χ2v) is 5.66. The Bertz CT molecular complexity index is 251. The largest absolute Gasteiger partial charge is 0.444 e. The summed E-state index contributed by atoms with van der Waals surface area (Å²) in [6.45, 7) is 9.30. The van der Waals surface area contributed by atoms with E-state index >= 15 is 0 Å². The van der Waals surface area contributed by atoms with E-state index in [2.05, 4.69) is 6.92 Å². The number of aliphatic hydroxyl groups is 1. The third-order valence-electron chi connectivity index (χ3n) is 3.10. The van der Waals surface area contributed by atoms with Crippen molar-refractivity contribution in [1.82, 2.24) is 4.90 Å². The van der Waals surface area contributed by atoms with Gasteiger partial charge in [0.05, 0.1) is 0 Å². The Labute approximate surface area is 97.6 Å². The van der Waals surface area contributed by atoms with E-state index in [4.69, 9.17) is 9.84 Å². The molecule has 0 aromatic carbocycles. The van der Waals surface area contributed by atoms with Crippen LogP contribution < -0.4 is 0 Å². The van der Waals surface area contributed by atoms with Gasteiger partial charge in [0, 0.05) is 25.1 Å². The summed E-state index contributed by atoms with van der Waals surface area (Å²) >= 11 is 0. The number of hydrogen-bond donors (Lipinski definition) is 1. The summed E-state index contributed by atoms with van der Waals surface area (Å²) < 4.78 is 5.28. The second kappa shape index (κ2) is 4.62. The van der Waals surface area contributed by atoms with E-state index in [1.165, 1.54) is 0 Å². The van der Waals surface area contributed by atoms with Crippen LogP contribution in [0.1, 0.15) is 40.5 Å². The van der Waals surface area contributed by atoms with Gasteiger partial charge in [-0.1, -0.05) is 6.92 Å². The Balaban J connectivity index is 2.42.